The van der Waals surface area contributed by atoms with E-state index in [1.807, 2.05) is 6.92 Å². The van der Waals surface area contributed by atoms with Gasteiger partial charge in [0.25, 0.3) is 0 Å². The molecule has 0 amide bonds. The van der Waals surface area contributed by atoms with Crippen LogP contribution in [-0.4, -0.2) is 39.3 Å². The van der Waals surface area contributed by atoms with Gasteiger partial charge in [0, 0.05) is 6.54 Å². The van der Waals surface area contributed by atoms with Crippen molar-refractivity contribution in [3.8, 4) is 5.75 Å². The van der Waals surface area contributed by atoms with Crippen LogP contribution in [0.5, 0.6) is 5.75 Å². The van der Waals surface area contributed by atoms with Crippen LogP contribution in [0.1, 0.15) is 29.7 Å². The summed E-state index contributed by atoms with van der Waals surface area (Å²) in [6, 6.07) is 12.1. The maximum Gasteiger partial charge on any atom is 0.341 e. The Bertz CT molecular complexity index is 940. The van der Waals surface area contributed by atoms with Crippen LogP contribution in [0.25, 0.3) is 0 Å². The SMILES string of the molecule is CCc1ccc(S(=O)(=O)NCC2OCCc3cc(OCC(=O)O)ccc32)cc1. The number of carbonyl (C=O) groups is 1. The highest BCUT2D eigenvalue weighted by atomic mass is 32.2. The maximum absolute atomic E-state index is 12.5. The molecule has 7 nitrogen and oxygen atoms in total. The first-order chi connectivity index (χ1) is 13.4. The second kappa shape index (κ2) is 8.72. The lowest BCUT2D eigenvalue weighted by molar-refractivity contribution is -0.139. The van der Waals surface area contributed by atoms with E-state index in [1.165, 1.54) is 0 Å². The number of sulfonamides is 1. The first-order valence-corrected chi connectivity index (χ1v) is 10.5. The average Bonchev–Trinajstić information content (AvgIpc) is 2.70. The number of benzene rings is 2. The lowest BCUT2D eigenvalue weighted by atomic mass is 9.97. The molecule has 0 radical (unpaired) electrons. The van der Waals surface area contributed by atoms with Crippen molar-refractivity contribution >= 4 is 16.0 Å². The summed E-state index contributed by atoms with van der Waals surface area (Å²) in [6.07, 6.45) is 1.09. The Labute approximate surface area is 164 Å². The van der Waals surface area contributed by atoms with Crippen LogP contribution in [0.2, 0.25) is 0 Å². The minimum absolute atomic E-state index is 0.111. The molecule has 1 atom stereocenters. The van der Waals surface area contributed by atoms with Crippen molar-refractivity contribution in [3.63, 3.8) is 0 Å². The van der Waals surface area contributed by atoms with E-state index in [4.69, 9.17) is 14.6 Å². The smallest absolute Gasteiger partial charge is 0.341 e. The summed E-state index contributed by atoms with van der Waals surface area (Å²) in [4.78, 5) is 10.9. The number of aliphatic carboxylic acids is 1. The van der Waals surface area contributed by atoms with E-state index in [-0.39, 0.29) is 11.4 Å². The second-order valence-electron chi connectivity index (χ2n) is 6.50. The van der Waals surface area contributed by atoms with E-state index < -0.39 is 28.7 Å². The lowest BCUT2D eigenvalue weighted by Gasteiger charge is -2.26. The summed E-state index contributed by atoms with van der Waals surface area (Å²) < 4.78 is 38.7. The fraction of sp³-hybridized carbons (Fsp3) is 0.350. The molecule has 3 rings (SSSR count). The number of rotatable bonds is 8. The van der Waals surface area contributed by atoms with E-state index in [2.05, 4.69) is 4.72 Å². The first kappa shape index (κ1) is 20.3. The number of aryl methyl sites for hydroxylation is 1. The van der Waals surface area contributed by atoms with Gasteiger partial charge >= 0.3 is 5.97 Å². The molecule has 0 fully saturated rings. The van der Waals surface area contributed by atoms with E-state index >= 15 is 0 Å². The number of ether oxygens (including phenoxy) is 2. The average molecular weight is 405 g/mol. The summed E-state index contributed by atoms with van der Waals surface area (Å²) in [6.45, 7) is 2.17. The third kappa shape index (κ3) is 4.89. The van der Waals surface area contributed by atoms with E-state index in [9.17, 15) is 13.2 Å². The van der Waals surface area contributed by atoms with Crippen LogP contribution in [0.3, 0.4) is 0 Å². The first-order valence-electron chi connectivity index (χ1n) is 9.06. The normalized spacial score (nSPS) is 16.4. The van der Waals surface area contributed by atoms with Crippen LogP contribution in [0.4, 0.5) is 0 Å². The predicted octanol–water partition coefficient (Wildman–Crippen LogP) is 2.30. The molecule has 1 aliphatic heterocycles. The van der Waals surface area contributed by atoms with Gasteiger partial charge in [-0.3, -0.25) is 0 Å². The monoisotopic (exact) mass is 405 g/mol. The van der Waals surface area contributed by atoms with Gasteiger partial charge in [-0.25, -0.2) is 17.9 Å². The Kier molecular flexibility index (Phi) is 6.33. The maximum atomic E-state index is 12.5. The van der Waals surface area contributed by atoms with Gasteiger partial charge in [0.2, 0.25) is 10.0 Å². The topological polar surface area (TPSA) is 102 Å². The predicted molar refractivity (Wildman–Crippen MR) is 103 cm³/mol. The largest absolute Gasteiger partial charge is 0.482 e. The summed E-state index contributed by atoms with van der Waals surface area (Å²) in [5, 5.41) is 8.71. The molecule has 28 heavy (non-hydrogen) atoms. The molecule has 0 bridgehead atoms. The van der Waals surface area contributed by atoms with E-state index in [1.54, 1.807) is 42.5 Å². The van der Waals surface area contributed by atoms with Crippen molar-refractivity contribution < 1.29 is 27.8 Å². The Balaban J connectivity index is 1.69. The molecule has 1 aliphatic rings. The van der Waals surface area contributed by atoms with Crippen LogP contribution in [0.15, 0.2) is 47.4 Å². The molecule has 0 spiro atoms. The van der Waals surface area contributed by atoms with Gasteiger partial charge in [-0.05, 0) is 53.8 Å². The molecule has 0 aliphatic carbocycles. The van der Waals surface area contributed by atoms with Crippen molar-refractivity contribution in [1.82, 2.24) is 4.72 Å². The minimum Gasteiger partial charge on any atom is -0.482 e. The molecule has 0 saturated heterocycles. The minimum atomic E-state index is -3.63. The number of fused-ring (bicyclic) bond motifs is 1. The quantitative estimate of drug-likeness (QED) is 0.699. The molecule has 1 unspecified atom stereocenters. The molecule has 2 aromatic carbocycles. The van der Waals surface area contributed by atoms with Crippen molar-refractivity contribution in [2.45, 2.75) is 30.8 Å². The third-order valence-corrected chi connectivity index (χ3v) is 6.05. The highest BCUT2D eigenvalue weighted by Crippen LogP contribution is 2.30. The molecule has 2 N–H and O–H groups in total. The van der Waals surface area contributed by atoms with Crippen molar-refractivity contribution in [1.29, 1.82) is 0 Å². The summed E-state index contributed by atoms with van der Waals surface area (Å²) >= 11 is 0. The van der Waals surface area contributed by atoms with Gasteiger partial charge in [0.1, 0.15) is 5.75 Å². The van der Waals surface area contributed by atoms with Crippen molar-refractivity contribution in [3.05, 3.63) is 59.2 Å². The third-order valence-electron chi connectivity index (χ3n) is 4.61. The standard InChI is InChI=1S/C20H23NO6S/c1-2-14-3-6-17(7-4-14)28(24,25)21-12-19-18-8-5-16(27-13-20(22)23)11-15(18)9-10-26-19/h3-8,11,19,21H,2,9-10,12-13H2,1H3,(H,22,23). The summed E-state index contributed by atoms with van der Waals surface area (Å²) in [5.41, 5.74) is 2.91. The van der Waals surface area contributed by atoms with Crippen molar-refractivity contribution in [2.75, 3.05) is 19.8 Å². The van der Waals surface area contributed by atoms with Crippen molar-refractivity contribution in [2.24, 2.45) is 0 Å². The van der Waals surface area contributed by atoms with Gasteiger partial charge in [0.05, 0.1) is 17.6 Å². The summed E-state index contributed by atoms with van der Waals surface area (Å²) in [7, 11) is -3.63. The van der Waals surface area contributed by atoms with Crippen LogP contribution in [-0.2, 0) is 32.4 Å². The molecule has 1 heterocycles. The van der Waals surface area contributed by atoms with Gasteiger partial charge < -0.3 is 14.6 Å². The van der Waals surface area contributed by atoms with E-state index in [0.717, 1.165) is 23.1 Å². The number of carboxylic acid groups (broad SMARTS) is 1. The number of hydrogen-bond donors (Lipinski definition) is 2. The Morgan fingerprint density at radius 1 is 1.25 bits per heavy atom. The molecule has 2 aromatic rings. The zero-order chi connectivity index (χ0) is 20.1. The van der Waals surface area contributed by atoms with Gasteiger partial charge in [-0.1, -0.05) is 25.1 Å². The molecular formula is C20H23NO6S. The summed E-state index contributed by atoms with van der Waals surface area (Å²) in [5.74, 6) is -0.571. The zero-order valence-electron chi connectivity index (χ0n) is 15.6. The molecular weight excluding hydrogens is 382 g/mol. The lowest BCUT2D eigenvalue weighted by Crippen LogP contribution is -2.32. The fourth-order valence-corrected chi connectivity index (χ4v) is 4.12. The van der Waals surface area contributed by atoms with E-state index in [0.29, 0.717) is 18.8 Å². The Hall–Kier alpha value is -2.42. The fourth-order valence-electron chi connectivity index (χ4n) is 3.09. The van der Waals surface area contributed by atoms with Crippen LogP contribution < -0.4 is 9.46 Å². The van der Waals surface area contributed by atoms with Crippen LogP contribution in [0, 0.1) is 0 Å². The highest BCUT2D eigenvalue weighted by molar-refractivity contribution is 7.89. The Morgan fingerprint density at radius 2 is 2.00 bits per heavy atom. The highest BCUT2D eigenvalue weighted by Gasteiger charge is 2.24. The molecule has 8 heteroatoms. The molecule has 150 valence electrons. The molecule has 0 aromatic heterocycles. The van der Waals surface area contributed by atoms with Gasteiger partial charge in [-0.15, -0.1) is 0 Å². The zero-order valence-corrected chi connectivity index (χ0v) is 16.4. The number of nitrogens with one attached hydrogen (secondary N) is 1. The van der Waals surface area contributed by atoms with Gasteiger partial charge in [0.15, 0.2) is 6.61 Å². The number of carboxylic acids is 1. The molecule has 0 saturated carbocycles. The van der Waals surface area contributed by atoms with Gasteiger partial charge in [-0.2, -0.15) is 0 Å². The second-order valence-corrected chi connectivity index (χ2v) is 8.27. The van der Waals surface area contributed by atoms with Crippen LogP contribution >= 0.6 is 0 Å². The number of hydrogen-bond acceptors (Lipinski definition) is 5. The Morgan fingerprint density at radius 3 is 2.68 bits per heavy atom.